The summed E-state index contributed by atoms with van der Waals surface area (Å²) in [7, 11) is 1.36. The maximum absolute atomic E-state index is 14.1. The number of nitrogens with zero attached hydrogens (tertiary/aromatic N) is 1. The molecule has 0 radical (unpaired) electrons. The summed E-state index contributed by atoms with van der Waals surface area (Å²) in [4.78, 5) is 27.3. The lowest BCUT2D eigenvalue weighted by molar-refractivity contribution is -0.132. The smallest absolute Gasteiger partial charge is 0.300 e. The minimum atomic E-state index is -1.22. The van der Waals surface area contributed by atoms with Crippen LogP contribution >= 0.6 is 0 Å². The van der Waals surface area contributed by atoms with Crippen molar-refractivity contribution < 1.29 is 33.3 Å². The van der Waals surface area contributed by atoms with Gasteiger partial charge in [-0.15, -0.1) is 0 Å². The quantitative estimate of drug-likeness (QED) is 0.324. The molecule has 1 aliphatic heterocycles. The van der Waals surface area contributed by atoms with E-state index in [2.05, 4.69) is 0 Å². The van der Waals surface area contributed by atoms with Gasteiger partial charge in [-0.3, -0.25) is 14.5 Å². The third kappa shape index (κ3) is 3.77. The van der Waals surface area contributed by atoms with Gasteiger partial charge < -0.3 is 14.9 Å². The molecule has 0 saturated carbocycles. The summed E-state index contributed by atoms with van der Waals surface area (Å²) < 4.78 is 32.7. The molecule has 34 heavy (non-hydrogen) atoms. The Morgan fingerprint density at radius 1 is 0.971 bits per heavy atom. The number of benzene rings is 3. The summed E-state index contributed by atoms with van der Waals surface area (Å²) in [5.41, 5.74) is 1.77. The number of carbonyl (C=O) groups excluding carboxylic acids is 2. The number of ketones is 1. The molecule has 3 aromatic carbocycles. The molecule has 1 unspecified atom stereocenters. The summed E-state index contributed by atoms with van der Waals surface area (Å²) in [6.07, 6.45) is 0. The van der Waals surface area contributed by atoms with E-state index in [1.807, 2.05) is 13.0 Å². The summed E-state index contributed by atoms with van der Waals surface area (Å²) in [6.45, 7) is 3.56. The predicted molar refractivity (Wildman–Crippen MR) is 122 cm³/mol. The van der Waals surface area contributed by atoms with E-state index >= 15 is 0 Å². The number of anilines is 1. The fourth-order valence-corrected chi connectivity index (χ4v) is 4.06. The van der Waals surface area contributed by atoms with Crippen LogP contribution in [0, 0.1) is 25.5 Å². The Morgan fingerprint density at radius 2 is 1.71 bits per heavy atom. The number of ether oxygens (including phenoxy) is 1. The first-order chi connectivity index (χ1) is 16.1. The highest BCUT2D eigenvalue weighted by molar-refractivity contribution is 6.51. The molecular weight excluding hydrogens is 444 g/mol. The van der Waals surface area contributed by atoms with Gasteiger partial charge in [0.1, 0.15) is 5.76 Å². The van der Waals surface area contributed by atoms with Crippen LogP contribution in [0.1, 0.15) is 28.3 Å². The monoisotopic (exact) mass is 465 g/mol. The fourth-order valence-electron chi connectivity index (χ4n) is 4.06. The number of Topliss-reactive ketones (excluding diaryl/α,β-unsaturated/α-hetero) is 1. The highest BCUT2D eigenvalue weighted by Crippen LogP contribution is 2.44. The van der Waals surface area contributed by atoms with E-state index in [0.717, 1.165) is 28.7 Å². The molecular formula is C26H21F2NO5. The molecule has 0 aliphatic carbocycles. The number of halogens is 2. The molecule has 6 nitrogen and oxygen atoms in total. The molecule has 1 aliphatic rings. The SMILES string of the molecule is COc1ccc(C2/C(=C(\O)c3cc(C)ccc3C)C(=O)C(=O)N2c2ccc(F)c(F)c2)cc1O. The second-order valence-electron chi connectivity index (χ2n) is 8.02. The number of phenols is 1. The zero-order valence-electron chi connectivity index (χ0n) is 18.6. The zero-order valence-corrected chi connectivity index (χ0v) is 18.6. The van der Waals surface area contributed by atoms with Crippen LogP contribution in [-0.4, -0.2) is 29.0 Å². The summed E-state index contributed by atoms with van der Waals surface area (Å²) >= 11 is 0. The molecule has 1 atom stereocenters. The van der Waals surface area contributed by atoms with Gasteiger partial charge in [0.05, 0.1) is 18.7 Å². The van der Waals surface area contributed by atoms with Crippen molar-refractivity contribution in [2.24, 2.45) is 0 Å². The van der Waals surface area contributed by atoms with Crippen LogP contribution in [0.15, 0.2) is 60.2 Å². The number of carbonyl (C=O) groups is 2. The average Bonchev–Trinajstić information content (AvgIpc) is 3.07. The van der Waals surface area contributed by atoms with Gasteiger partial charge in [-0.25, -0.2) is 8.78 Å². The number of hydrogen-bond donors (Lipinski definition) is 2. The molecule has 8 heteroatoms. The Labute approximate surface area is 194 Å². The Bertz CT molecular complexity index is 1370. The van der Waals surface area contributed by atoms with E-state index < -0.39 is 35.1 Å². The number of phenolic OH excluding ortho intramolecular Hbond substituents is 1. The van der Waals surface area contributed by atoms with Gasteiger partial charge >= 0.3 is 0 Å². The van der Waals surface area contributed by atoms with Crippen molar-refractivity contribution in [1.82, 2.24) is 0 Å². The van der Waals surface area contributed by atoms with Crippen LogP contribution in [0.3, 0.4) is 0 Å². The Balaban J connectivity index is 2.00. The van der Waals surface area contributed by atoms with Crippen molar-refractivity contribution in [3.8, 4) is 11.5 Å². The maximum atomic E-state index is 14.1. The second kappa shape index (κ2) is 8.62. The van der Waals surface area contributed by atoms with E-state index in [1.54, 1.807) is 19.1 Å². The number of amides is 1. The third-order valence-electron chi connectivity index (χ3n) is 5.79. The normalized spacial score (nSPS) is 17.3. The Morgan fingerprint density at radius 3 is 2.35 bits per heavy atom. The Hall–Kier alpha value is -4.20. The van der Waals surface area contributed by atoms with Crippen molar-refractivity contribution in [1.29, 1.82) is 0 Å². The van der Waals surface area contributed by atoms with Gasteiger partial charge in [0.25, 0.3) is 11.7 Å². The topological polar surface area (TPSA) is 87.1 Å². The maximum Gasteiger partial charge on any atom is 0.300 e. The second-order valence-corrected chi connectivity index (χ2v) is 8.02. The van der Waals surface area contributed by atoms with E-state index in [-0.39, 0.29) is 28.3 Å². The minimum Gasteiger partial charge on any atom is -0.507 e. The largest absolute Gasteiger partial charge is 0.507 e. The van der Waals surface area contributed by atoms with E-state index in [9.17, 15) is 28.6 Å². The number of rotatable bonds is 4. The number of methoxy groups -OCH3 is 1. The highest BCUT2D eigenvalue weighted by atomic mass is 19.2. The molecule has 1 heterocycles. The minimum absolute atomic E-state index is 0.0821. The summed E-state index contributed by atoms with van der Waals surface area (Å²) in [6, 6.07) is 11.1. The van der Waals surface area contributed by atoms with Crippen LogP contribution in [0.5, 0.6) is 11.5 Å². The molecule has 0 aromatic heterocycles. The molecule has 174 valence electrons. The van der Waals surface area contributed by atoms with Crippen LogP contribution in [-0.2, 0) is 9.59 Å². The van der Waals surface area contributed by atoms with Gasteiger partial charge in [0, 0.05) is 17.3 Å². The molecule has 2 N–H and O–H groups in total. The van der Waals surface area contributed by atoms with Crippen LogP contribution in [0.4, 0.5) is 14.5 Å². The number of aryl methyl sites for hydroxylation is 2. The van der Waals surface area contributed by atoms with Crippen LogP contribution in [0.25, 0.3) is 5.76 Å². The van der Waals surface area contributed by atoms with Gasteiger partial charge in [-0.2, -0.15) is 0 Å². The number of hydrogen-bond acceptors (Lipinski definition) is 5. The highest BCUT2D eigenvalue weighted by Gasteiger charge is 2.47. The lowest BCUT2D eigenvalue weighted by Crippen LogP contribution is -2.29. The molecule has 4 rings (SSSR count). The first kappa shape index (κ1) is 23.0. The van der Waals surface area contributed by atoms with Crippen molar-refractivity contribution in [3.63, 3.8) is 0 Å². The van der Waals surface area contributed by atoms with Crippen LogP contribution in [0.2, 0.25) is 0 Å². The molecule has 1 amide bonds. The predicted octanol–water partition coefficient (Wildman–Crippen LogP) is 4.92. The van der Waals surface area contributed by atoms with E-state index in [4.69, 9.17) is 4.74 Å². The first-order valence-electron chi connectivity index (χ1n) is 10.3. The lowest BCUT2D eigenvalue weighted by atomic mass is 9.93. The van der Waals surface area contributed by atoms with Crippen molar-refractivity contribution in [2.75, 3.05) is 12.0 Å². The fraction of sp³-hybridized carbons (Fsp3) is 0.154. The van der Waals surface area contributed by atoms with Gasteiger partial charge in [-0.1, -0.05) is 23.8 Å². The molecule has 1 fully saturated rings. The molecule has 3 aromatic rings. The number of aromatic hydroxyl groups is 1. The van der Waals surface area contributed by atoms with Crippen LogP contribution < -0.4 is 9.64 Å². The Kier molecular flexibility index (Phi) is 5.83. The molecule has 0 spiro atoms. The van der Waals surface area contributed by atoms with E-state index in [0.29, 0.717) is 11.1 Å². The van der Waals surface area contributed by atoms with E-state index in [1.165, 1.54) is 25.3 Å². The summed E-state index contributed by atoms with van der Waals surface area (Å²) in [5, 5.41) is 21.6. The standard InChI is InChI=1S/C26H21F2NO5/c1-13-4-5-14(2)17(10-13)24(31)22-23(15-6-9-21(34-3)20(30)11-15)29(26(33)25(22)32)16-7-8-18(27)19(28)12-16/h4-12,23,30-31H,1-3H3/b24-22+. The third-order valence-corrected chi connectivity index (χ3v) is 5.79. The first-order valence-corrected chi connectivity index (χ1v) is 10.3. The zero-order chi connectivity index (χ0) is 24.7. The van der Waals surface area contributed by atoms with Crippen molar-refractivity contribution >= 4 is 23.1 Å². The van der Waals surface area contributed by atoms with Gasteiger partial charge in [0.15, 0.2) is 23.1 Å². The number of aliphatic hydroxyl groups excluding tert-OH is 1. The number of aliphatic hydroxyl groups is 1. The van der Waals surface area contributed by atoms with Crippen molar-refractivity contribution in [2.45, 2.75) is 19.9 Å². The molecule has 0 bridgehead atoms. The van der Waals surface area contributed by atoms with Gasteiger partial charge in [-0.05, 0) is 55.3 Å². The lowest BCUT2D eigenvalue weighted by Gasteiger charge is -2.26. The van der Waals surface area contributed by atoms with Gasteiger partial charge in [0.2, 0.25) is 0 Å². The van der Waals surface area contributed by atoms with Crippen molar-refractivity contribution in [3.05, 3.63) is 94.1 Å². The summed E-state index contributed by atoms with van der Waals surface area (Å²) in [5.74, 6) is -4.86. The average molecular weight is 465 g/mol. The molecule has 1 saturated heterocycles.